The fourth-order valence-corrected chi connectivity index (χ4v) is 3.31. The topological polar surface area (TPSA) is 20.3 Å². The molecule has 2 nitrogen and oxygen atoms in total. The number of benzene rings is 1. The van der Waals surface area contributed by atoms with Crippen LogP contribution >= 0.6 is 11.8 Å². The molecule has 0 saturated heterocycles. The fraction of sp³-hybridized carbons (Fsp3) is 0.417. The molecular weight excluding hydrogens is 225 g/mol. The molecule has 1 aliphatic rings. The summed E-state index contributed by atoms with van der Waals surface area (Å²) >= 11 is 1.55. The standard InChI is InChI=1S/C12H14FNOS/c1-4-16-12(2)9-7-8(13)5-6-10(9)14(3)11(12)15/h5-7H,4H2,1-3H3. The molecule has 1 heterocycles. The highest BCUT2D eigenvalue weighted by Crippen LogP contribution is 2.48. The first-order valence-corrected chi connectivity index (χ1v) is 6.21. The number of carbonyl (C=O) groups excluding carboxylic acids is 1. The third-order valence-corrected chi connectivity index (χ3v) is 4.24. The lowest BCUT2D eigenvalue weighted by atomic mass is 10.0. The van der Waals surface area contributed by atoms with Gasteiger partial charge in [-0.05, 0) is 30.9 Å². The van der Waals surface area contributed by atoms with Crippen molar-refractivity contribution in [1.82, 2.24) is 0 Å². The molecule has 0 N–H and O–H groups in total. The van der Waals surface area contributed by atoms with Gasteiger partial charge in [0.1, 0.15) is 10.6 Å². The highest BCUT2D eigenvalue weighted by atomic mass is 32.2. The first-order valence-electron chi connectivity index (χ1n) is 5.23. The predicted octanol–water partition coefficient (Wildman–Crippen LogP) is 2.77. The molecule has 0 saturated carbocycles. The number of hydrogen-bond acceptors (Lipinski definition) is 2. The monoisotopic (exact) mass is 239 g/mol. The lowest BCUT2D eigenvalue weighted by Crippen LogP contribution is -2.33. The van der Waals surface area contributed by atoms with Crippen LogP contribution in [0.4, 0.5) is 10.1 Å². The zero-order chi connectivity index (χ0) is 11.9. The summed E-state index contributed by atoms with van der Waals surface area (Å²) in [4.78, 5) is 13.8. The van der Waals surface area contributed by atoms with Crippen LogP contribution in [0, 0.1) is 5.82 Å². The fourth-order valence-electron chi connectivity index (χ4n) is 2.16. The highest BCUT2D eigenvalue weighted by Gasteiger charge is 2.46. The maximum atomic E-state index is 13.3. The number of carbonyl (C=O) groups is 1. The molecule has 1 aromatic rings. The van der Waals surface area contributed by atoms with Crippen LogP contribution in [0.25, 0.3) is 0 Å². The van der Waals surface area contributed by atoms with Crippen LogP contribution < -0.4 is 4.90 Å². The van der Waals surface area contributed by atoms with E-state index in [4.69, 9.17) is 0 Å². The average molecular weight is 239 g/mol. The number of anilines is 1. The van der Waals surface area contributed by atoms with E-state index in [1.807, 2.05) is 13.8 Å². The normalized spacial score (nSPS) is 23.8. The van der Waals surface area contributed by atoms with E-state index in [0.29, 0.717) is 0 Å². The lowest BCUT2D eigenvalue weighted by Gasteiger charge is -2.21. The molecule has 0 aliphatic carbocycles. The summed E-state index contributed by atoms with van der Waals surface area (Å²) in [5.41, 5.74) is 1.60. The molecule has 1 aliphatic heterocycles. The van der Waals surface area contributed by atoms with Crippen molar-refractivity contribution in [2.75, 3.05) is 17.7 Å². The Kier molecular flexibility index (Phi) is 2.70. The van der Waals surface area contributed by atoms with Gasteiger partial charge in [0.05, 0.1) is 0 Å². The third kappa shape index (κ3) is 1.44. The lowest BCUT2D eigenvalue weighted by molar-refractivity contribution is -0.119. The number of hydrogen-bond donors (Lipinski definition) is 0. The van der Waals surface area contributed by atoms with Gasteiger partial charge in [-0.25, -0.2) is 4.39 Å². The van der Waals surface area contributed by atoms with Gasteiger partial charge < -0.3 is 4.90 Å². The van der Waals surface area contributed by atoms with E-state index in [-0.39, 0.29) is 11.7 Å². The van der Waals surface area contributed by atoms with Crippen molar-refractivity contribution in [3.05, 3.63) is 29.6 Å². The second-order valence-electron chi connectivity index (χ2n) is 3.99. The Morgan fingerprint density at radius 1 is 1.50 bits per heavy atom. The summed E-state index contributed by atoms with van der Waals surface area (Å²) in [6, 6.07) is 4.54. The molecule has 4 heteroatoms. The molecule has 0 bridgehead atoms. The zero-order valence-electron chi connectivity index (χ0n) is 9.58. The van der Waals surface area contributed by atoms with E-state index in [0.717, 1.165) is 17.0 Å². The molecule has 0 aromatic heterocycles. The first kappa shape index (κ1) is 11.5. The minimum Gasteiger partial charge on any atom is -0.314 e. The maximum Gasteiger partial charge on any atom is 0.247 e. The van der Waals surface area contributed by atoms with Crippen molar-refractivity contribution in [3.8, 4) is 0 Å². The van der Waals surface area contributed by atoms with Crippen molar-refractivity contribution in [2.45, 2.75) is 18.6 Å². The average Bonchev–Trinajstić information content (AvgIpc) is 2.42. The summed E-state index contributed by atoms with van der Waals surface area (Å²) in [5.74, 6) is 0.566. The Morgan fingerprint density at radius 3 is 2.81 bits per heavy atom. The number of fused-ring (bicyclic) bond motifs is 1. The minimum atomic E-state index is -0.638. The third-order valence-electron chi connectivity index (χ3n) is 2.98. The van der Waals surface area contributed by atoms with Crippen molar-refractivity contribution < 1.29 is 9.18 Å². The molecule has 0 spiro atoms. The van der Waals surface area contributed by atoms with Gasteiger partial charge in [-0.3, -0.25) is 4.79 Å². The number of likely N-dealkylation sites (N-methyl/N-ethyl adjacent to an activating group) is 1. The van der Waals surface area contributed by atoms with E-state index >= 15 is 0 Å². The summed E-state index contributed by atoms with van der Waals surface area (Å²) in [7, 11) is 1.74. The van der Waals surface area contributed by atoms with Gasteiger partial charge in [-0.2, -0.15) is 0 Å². The van der Waals surface area contributed by atoms with Gasteiger partial charge in [-0.15, -0.1) is 11.8 Å². The molecule has 1 aromatic carbocycles. The molecule has 1 amide bonds. The maximum absolute atomic E-state index is 13.3. The number of thioether (sulfide) groups is 1. The summed E-state index contributed by atoms with van der Waals surface area (Å²) in [6.45, 7) is 3.87. The molecule has 0 fully saturated rings. The number of rotatable bonds is 2. The Labute approximate surface area is 98.8 Å². The van der Waals surface area contributed by atoms with Gasteiger partial charge in [0, 0.05) is 18.3 Å². The van der Waals surface area contributed by atoms with Crippen LogP contribution in [-0.4, -0.2) is 18.7 Å². The van der Waals surface area contributed by atoms with Gasteiger partial charge >= 0.3 is 0 Å². The van der Waals surface area contributed by atoms with Gasteiger partial charge in [-0.1, -0.05) is 6.92 Å². The molecular formula is C12H14FNOS. The number of halogens is 1. The minimum absolute atomic E-state index is 0.0277. The van der Waals surface area contributed by atoms with Crippen LogP contribution in [0.2, 0.25) is 0 Å². The van der Waals surface area contributed by atoms with E-state index < -0.39 is 4.75 Å². The molecule has 0 radical (unpaired) electrons. The van der Waals surface area contributed by atoms with Crippen LogP contribution in [-0.2, 0) is 9.54 Å². The van der Waals surface area contributed by atoms with Crippen molar-refractivity contribution in [2.24, 2.45) is 0 Å². The van der Waals surface area contributed by atoms with Crippen LogP contribution in [0.15, 0.2) is 18.2 Å². The van der Waals surface area contributed by atoms with Crippen molar-refractivity contribution >= 4 is 23.4 Å². The summed E-state index contributed by atoms with van der Waals surface area (Å²) in [6.07, 6.45) is 0. The van der Waals surface area contributed by atoms with E-state index in [9.17, 15) is 9.18 Å². The molecule has 1 unspecified atom stereocenters. The Balaban J connectivity index is 2.59. The second-order valence-corrected chi connectivity index (χ2v) is 5.67. The quantitative estimate of drug-likeness (QED) is 0.791. The Bertz CT molecular complexity index is 449. The number of nitrogens with zero attached hydrogens (tertiary/aromatic N) is 1. The largest absolute Gasteiger partial charge is 0.314 e. The van der Waals surface area contributed by atoms with E-state index in [1.165, 1.54) is 12.1 Å². The predicted molar refractivity (Wildman–Crippen MR) is 65.3 cm³/mol. The number of amides is 1. The van der Waals surface area contributed by atoms with Crippen molar-refractivity contribution in [1.29, 1.82) is 0 Å². The molecule has 16 heavy (non-hydrogen) atoms. The molecule has 1 atom stereocenters. The van der Waals surface area contributed by atoms with Gasteiger partial charge in [0.2, 0.25) is 5.91 Å². The summed E-state index contributed by atoms with van der Waals surface area (Å²) in [5, 5.41) is 0. The van der Waals surface area contributed by atoms with Crippen LogP contribution in [0.3, 0.4) is 0 Å². The molecule has 2 rings (SSSR count). The SMILES string of the molecule is CCSC1(C)C(=O)N(C)c2ccc(F)cc21. The summed E-state index contributed by atoms with van der Waals surface area (Å²) < 4.78 is 12.6. The smallest absolute Gasteiger partial charge is 0.247 e. The molecule has 86 valence electrons. The van der Waals surface area contributed by atoms with E-state index in [1.54, 1.807) is 29.8 Å². The van der Waals surface area contributed by atoms with Crippen molar-refractivity contribution in [3.63, 3.8) is 0 Å². The first-order chi connectivity index (χ1) is 7.50. The van der Waals surface area contributed by atoms with Crippen LogP contribution in [0.5, 0.6) is 0 Å². The Hall–Kier alpha value is -1.03. The van der Waals surface area contributed by atoms with Gasteiger partial charge in [0.25, 0.3) is 0 Å². The second kappa shape index (κ2) is 3.77. The van der Waals surface area contributed by atoms with Gasteiger partial charge in [0.15, 0.2) is 0 Å². The highest BCUT2D eigenvalue weighted by molar-refractivity contribution is 8.00. The van der Waals surface area contributed by atoms with Crippen LogP contribution in [0.1, 0.15) is 19.4 Å². The zero-order valence-corrected chi connectivity index (χ0v) is 10.4. The Morgan fingerprint density at radius 2 is 2.19 bits per heavy atom. The van der Waals surface area contributed by atoms with E-state index in [2.05, 4.69) is 0 Å².